The largest absolute Gasteiger partial charge is 0.0841 e. The van der Waals surface area contributed by atoms with E-state index in [1.54, 1.807) is 11.1 Å². The summed E-state index contributed by atoms with van der Waals surface area (Å²) in [7, 11) is 0. The van der Waals surface area contributed by atoms with Crippen molar-refractivity contribution in [3.8, 4) is 0 Å². The molecule has 2 rings (SSSR count). The minimum atomic E-state index is 0.573. The van der Waals surface area contributed by atoms with Gasteiger partial charge in [-0.2, -0.15) is 0 Å². The van der Waals surface area contributed by atoms with Crippen LogP contribution in [0.25, 0.3) is 0 Å². The summed E-state index contributed by atoms with van der Waals surface area (Å²) in [6.07, 6.45) is 2.38. The maximum atomic E-state index is 3.71. The molecule has 0 bridgehead atoms. The monoisotopic (exact) mass is 420 g/mol. The van der Waals surface area contributed by atoms with Crippen LogP contribution >= 0.6 is 63.7 Å². The summed E-state index contributed by atoms with van der Waals surface area (Å²) < 4.78 is 0. The molecule has 0 aromatic heterocycles. The molecule has 0 amide bonds. The number of allylic oxidation sites excluding steroid dienone is 2. The molecule has 0 aromatic carbocycles. The van der Waals surface area contributed by atoms with Crippen LogP contribution in [0.3, 0.4) is 0 Å². The molecule has 0 heterocycles. The highest BCUT2D eigenvalue weighted by molar-refractivity contribution is 9.11. The molecule has 4 atom stereocenters. The Morgan fingerprint density at radius 2 is 0.917 bits per heavy atom. The predicted molar refractivity (Wildman–Crippen MR) is 67.1 cm³/mol. The van der Waals surface area contributed by atoms with Gasteiger partial charge in [-0.25, -0.2) is 0 Å². The van der Waals surface area contributed by atoms with E-state index in [0.29, 0.717) is 19.3 Å². The lowest BCUT2D eigenvalue weighted by Crippen LogP contribution is -2.11. The zero-order valence-corrected chi connectivity index (χ0v) is 12.6. The molecule has 2 aliphatic carbocycles. The molecule has 0 nitrogen and oxygen atoms in total. The van der Waals surface area contributed by atoms with Crippen molar-refractivity contribution >= 4 is 63.7 Å². The molecule has 0 spiro atoms. The second kappa shape index (κ2) is 3.67. The number of halogens is 4. The highest BCUT2D eigenvalue weighted by atomic mass is 79.9. The summed E-state index contributed by atoms with van der Waals surface area (Å²) in [6.45, 7) is 0. The third-order valence-electron chi connectivity index (χ3n) is 2.51. The Labute approximate surface area is 106 Å². The highest BCUT2D eigenvalue weighted by Crippen LogP contribution is 2.50. The lowest BCUT2D eigenvalue weighted by atomic mass is 10.1. The van der Waals surface area contributed by atoms with Gasteiger partial charge in [-0.05, 0) is 24.0 Å². The number of hydrogen-bond donors (Lipinski definition) is 0. The second-order valence-corrected chi connectivity index (χ2v) is 7.67. The quantitative estimate of drug-likeness (QED) is 0.406. The van der Waals surface area contributed by atoms with Gasteiger partial charge in [0.25, 0.3) is 0 Å². The Bertz CT molecular complexity index is 191. The Morgan fingerprint density at radius 3 is 1.17 bits per heavy atom. The molecule has 4 heteroatoms. The molecule has 68 valence electrons. The molecule has 0 unspecified atom stereocenters. The summed E-state index contributed by atoms with van der Waals surface area (Å²) in [5.41, 5.74) is 3.14. The van der Waals surface area contributed by atoms with Crippen LogP contribution in [0.2, 0.25) is 0 Å². The summed E-state index contributed by atoms with van der Waals surface area (Å²) >= 11 is 14.9. The summed E-state index contributed by atoms with van der Waals surface area (Å²) in [5.74, 6) is 0. The molecule has 0 radical (unpaired) electrons. The van der Waals surface area contributed by atoms with Crippen molar-refractivity contribution in [2.75, 3.05) is 0 Å². The molecule has 0 saturated heterocycles. The van der Waals surface area contributed by atoms with Crippen LogP contribution in [-0.2, 0) is 0 Å². The molecule has 0 fully saturated rings. The molecular weight excluding hydrogens is 416 g/mol. The van der Waals surface area contributed by atoms with E-state index >= 15 is 0 Å². The van der Waals surface area contributed by atoms with Crippen molar-refractivity contribution < 1.29 is 0 Å². The Balaban J connectivity index is 2.36. The molecule has 0 saturated carbocycles. The van der Waals surface area contributed by atoms with Gasteiger partial charge in [0, 0.05) is 19.3 Å². The third kappa shape index (κ3) is 1.51. The average Bonchev–Trinajstić information content (AvgIpc) is 2.38. The Hall–Kier alpha value is 1.66. The summed E-state index contributed by atoms with van der Waals surface area (Å²) in [4.78, 5) is 2.29. The van der Waals surface area contributed by atoms with Gasteiger partial charge < -0.3 is 0 Å². The van der Waals surface area contributed by atoms with Gasteiger partial charge in [0.2, 0.25) is 0 Å². The first kappa shape index (κ1) is 10.2. The predicted octanol–water partition coefficient (Wildman–Crippen LogP) is 4.14. The van der Waals surface area contributed by atoms with Crippen molar-refractivity contribution in [1.29, 1.82) is 0 Å². The van der Waals surface area contributed by atoms with E-state index in [1.807, 2.05) is 0 Å². The SMILES string of the molecule is Br[C@@H]1C[C@H](Br)C2=C1[C@H](Br)C[C@@H]2Br. The number of hydrogen-bond acceptors (Lipinski definition) is 0. The Morgan fingerprint density at radius 1 is 0.667 bits per heavy atom. The number of alkyl halides is 4. The van der Waals surface area contributed by atoms with E-state index in [-0.39, 0.29) is 0 Å². The van der Waals surface area contributed by atoms with E-state index < -0.39 is 0 Å². The minimum Gasteiger partial charge on any atom is -0.0841 e. The maximum absolute atomic E-state index is 3.71. The molecule has 12 heavy (non-hydrogen) atoms. The van der Waals surface area contributed by atoms with Crippen molar-refractivity contribution in [3.63, 3.8) is 0 Å². The lowest BCUT2D eigenvalue weighted by molar-refractivity contribution is 0.827. The molecule has 2 aliphatic rings. The number of rotatable bonds is 0. The average molecular weight is 424 g/mol. The van der Waals surface area contributed by atoms with Gasteiger partial charge in [-0.15, -0.1) is 0 Å². The fourth-order valence-electron chi connectivity index (χ4n) is 1.99. The van der Waals surface area contributed by atoms with Gasteiger partial charge in [0.15, 0.2) is 0 Å². The minimum absolute atomic E-state index is 0.573. The zero-order valence-electron chi connectivity index (χ0n) is 6.24. The fraction of sp³-hybridized carbons (Fsp3) is 0.750. The van der Waals surface area contributed by atoms with E-state index in [4.69, 9.17) is 0 Å². The van der Waals surface area contributed by atoms with Crippen LogP contribution in [0.5, 0.6) is 0 Å². The van der Waals surface area contributed by atoms with E-state index in [0.717, 1.165) is 0 Å². The van der Waals surface area contributed by atoms with Gasteiger partial charge in [-0.3, -0.25) is 0 Å². The van der Waals surface area contributed by atoms with Crippen molar-refractivity contribution in [3.05, 3.63) is 11.1 Å². The van der Waals surface area contributed by atoms with Crippen LogP contribution in [0.4, 0.5) is 0 Å². The highest BCUT2D eigenvalue weighted by Gasteiger charge is 2.42. The molecule has 0 aromatic rings. The van der Waals surface area contributed by atoms with E-state index in [9.17, 15) is 0 Å². The van der Waals surface area contributed by atoms with E-state index in [2.05, 4.69) is 63.7 Å². The van der Waals surface area contributed by atoms with Crippen LogP contribution in [-0.4, -0.2) is 19.3 Å². The molecular formula is C8H8Br4. The Kier molecular flexibility index (Phi) is 3.11. The smallest absolute Gasteiger partial charge is 0.0382 e. The first-order chi connectivity index (χ1) is 5.61. The second-order valence-electron chi connectivity index (χ2n) is 3.25. The normalized spacial score (nSPS) is 47.0. The third-order valence-corrected chi connectivity index (χ3v) is 5.98. The standard InChI is InChI=1S/C8H8Br4/c9-3-1-4(10)8-6(12)2-5(11)7(3)8/h3-6H,1-2H2/t3-,4+,5-,6+. The maximum Gasteiger partial charge on any atom is 0.0382 e. The van der Waals surface area contributed by atoms with Crippen molar-refractivity contribution in [1.82, 2.24) is 0 Å². The van der Waals surface area contributed by atoms with Gasteiger partial charge in [0.1, 0.15) is 0 Å². The van der Waals surface area contributed by atoms with Gasteiger partial charge in [0.05, 0.1) is 0 Å². The first-order valence-corrected chi connectivity index (χ1v) is 7.57. The topological polar surface area (TPSA) is 0 Å². The summed E-state index contributed by atoms with van der Waals surface area (Å²) in [5, 5.41) is 0. The van der Waals surface area contributed by atoms with Crippen molar-refractivity contribution in [2.24, 2.45) is 0 Å². The van der Waals surface area contributed by atoms with Crippen LogP contribution in [0, 0.1) is 0 Å². The van der Waals surface area contributed by atoms with Crippen molar-refractivity contribution in [2.45, 2.75) is 32.2 Å². The van der Waals surface area contributed by atoms with E-state index in [1.165, 1.54) is 12.8 Å². The fourth-order valence-corrected chi connectivity index (χ4v) is 7.53. The van der Waals surface area contributed by atoms with Crippen LogP contribution < -0.4 is 0 Å². The van der Waals surface area contributed by atoms with Crippen LogP contribution in [0.1, 0.15) is 12.8 Å². The first-order valence-electron chi connectivity index (χ1n) is 3.91. The zero-order chi connectivity index (χ0) is 8.88. The van der Waals surface area contributed by atoms with Crippen LogP contribution in [0.15, 0.2) is 11.1 Å². The molecule has 0 aliphatic heterocycles. The van der Waals surface area contributed by atoms with Gasteiger partial charge >= 0.3 is 0 Å². The lowest BCUT2D eigenvalue weighted by Gasteiger charge is -2.12. The van der Waals surface area contributed by atoms with Gasteiger partial charge in [-0.1, -0.05) is 63.7 Å². The summed E-state index contributed by atoms with van der Waals surface area (Å²) in [6, 6.07) is 0. The molecule has 0 N–H and O–H groups in total.